The number of ketones is 1. The third kappa shape index (κ3) is 2.34. The average Bonchev–Trinajstić information content (AvgIpc) is 2.36. The second kappa shape index (κ2) is 4.88. The van der Waals surface area contributed by atoms with Crippen molar-refractivity contribution in [3.05, 3.63) is 28.8 Å². The van der Waals surface area contributed by atoms with Gasteiger partial charge in [-0.15, -0.1) is 0 Å². The van der Waals surface area contributed by atoms with Gasteiger partial charge in [0.05, 0.1) is 18.7 Å². The van der Waals surface area contributed by atoms with E-state index in [4.69, 9.17) is 10.5 Å². The van der Waals surface area contributed by atoms with Crippen LogP contribution in [0.15, 0.2) is 12.1 Å². The van der Waals surface area contributed by atoms with Gasteiger partial charge in [-0.25, -0.2) is 0 Å². The van der Waals surface area contributed by atoms with Crippen molar-refractivity contribution < 1.29 is 9.53 Å². The average molecular weight is 233 g/mol. The van der Waals surface area contributed by atoms with Crippen molar-refractivity contribution in [1.82, 2.24) is 0 Å². The number of aryl methyl sites for hydroxylation is 2. The Bertz CT molecular complexity index is 438. The van der Waals surface area contributed by atoms with E-state index in [1.807, 2.05) is 12.1 Å². The van der Waals surface area contributed by atoms with E-state index in [1.165, 1.54) is 24.0 Å². The van der Waals surface area contributed by atoms with Gasteiger partial charge in [0.2, 0.25) is 0 Å². The lowest BCUT2D eigenvalue weighted by Crippen LogP contribution is -2.27. The number of hydrogen-bond acceptors (Lipinski definition) is 3. The standard InChI is InChI=1S/C14H19NO2/c1-9(15)14(16)12-7-10-5-3-4-6-11(10)8-13(12)17-2/h7-9H,3-6,15H2,1-2H3. The molecule has 3 nitrogen and oxygen atoms in total. The Morgan fingerprint density at radius 2 is 1.88 bits per heavy atom. The van der Waals surface area contributed by atoms with E-state index in [2.05, 4.69) is 0 Å². The molecule has 0 heterocycles. The van der Waals surface area contributed by atoms with Crippen LogP contribution in [0, 0.1) is 0 Å². The highest BCUT2D eigenvalue weighted by molar-refractivity contribution is 6.02. The van der Waals surface area contributed by atoms with Crippen LogP contribution in [-0.4, -0.2) is 18.9 Å². The first-order valence-corrected chi connectivity index (χ1v) is 6.13. The topological polar surface area (TPSA) is 52.3 Å². The molecule has 0 saturated heterocycles. The molecule has 0 aliphatic heterocycles. The van der Waals surface area contributed by atoms with E-state index >= 15 is 0 Å². The van der Waals surface area contributed by atoms with Crippen LogP contribution in [0.5, 0.6) is 5.75 Å². The van der Waals surface area contributed by atoms with Crippen LogP contribution < -0.4 is 10.5 Å². The Hall–Kier alpha value is -1.35. The maximum Gasteiger partial charge on any atom is 0.182 e. The molecule has 92 valence electrons. The summed E-state index contributed by atoms with van der Waals surface area (Å²) in [5, 5.41) is 0. The second-order valence-electron chi connectivity index (χ2n) is 4.68. The fourth-order valence-electron chi connectivity index (χ4n) is 2.37. The summed E-state index contributed by atoms with van der Waals surface area (Å²) in [6.07, 6.45) is 4.55. The largest absolute Gasteiger partial charge is 0.496 e. The first-order valence-electron chi connectivity index (χ1n) is 6.13. The van der Waals surface area contributed by atoms with Crippen LogP contribution in [0.25, 0.3) is 0 Å². The van der Waals surface area contributed by atoms with E-state index in [1.54, 1.807) is 14.0 Å². The number of fused-ring (bicyclic) bond motifs is 1. The van der Waals surface area contributed by atoms with Crippen LogP contribution >= 0.6 is 0 Å². The lowest BCUT2D eigenvalue weighted by Gasteiger charge is -2.19. The zero-order valence-corrected chi connectivity index (χ0v) is 10.5. The van der Waals surface area contributed by atoms with E-state index in [0.29, 0.717) is 11.3 Å². The van der Waals surface area contributed by atoms with Crippen LogP contribution in [-0.2, 0) is 12.8 Å². The molecule has 17 heavy (non-hydrogen) atoms. The SMILES string of the molecule is COc1cc2c(cc1C(=O)C(C)N)CCCC2. The number of methoxy groups -OCH3 is 1. The number of hydrogen-bond donors (Lipinski definition) is 1. The molecule has 0 bridgehead atoms. The second-order valence-corrected chi connectivity index (χ2v) is 4.68. The molecule has 0 amide bonds. The highest BCUT2D eigenvalue weighted by atomic mass is 16.5. The lowest BCUT2D eigenvalue weighted by atomic mass is 9.88. The van der Waals surface area contributed by atoms with Crippen molar-refractivity contribution in [3.8, 4) is 5.75 Å². The summed E-state index contributed by atoms with van der Waals surface area (Å²) in [6.45, 7) is 1.71. The summed E-state index contributed by atoms with van der Waals surface area (Å²) in [7, 11) is 1.60. The third-order valence-electron chi connectivity index (χ3n) is 3.34. The number of benzene rings is 1. The normalized spacial score (nSPS) is 16.2. The summed E-state index contributed by atoms with van der Waals surface area (Å²) in [6, 6.07) is 3.49. The number of ether oxygens (including phenoxy) is 1. The molecule has 1 unspecified atom stereocenters. The molecule has 1 aliphatic rings. The highest BCUT2D eigenvalue weighted by Crippen LogP contribution is 2.29. The van der Waals surface area contributed by atoms with Crippen LogP contribution in [0.2, 0.25) is 0 Å². The Morgan fingerprint density at radius 3 is 2.41 bits per heavy atom. The predicted molar refractivity (Wildman–Crippen MR) is 67.6 cm³/mol. The minimum absolute atomic E-state index is 0.0461. The minimum Gasteiger partial charge on any atom is -0.496 e. The molecule has 1 aromatic carbocycles. The summed E-state index contributed by atoms with van der Waals surface area (Å²) in [4.78, 5) is 12.0. The van der Waals surface area contributed by atoms with Crippen molar-refractivity contribution in [2.75, 3.05) is 7.11 Å². The molecule has 1 aliphatic carbocycles. The van der Waals surface area contributed by atoms with Gasteiger partial charge in [-0.3, -0.25) is 4.79 Å². The van der Waals surface area contributed by atoms with Gasteiger partial charge in [0.1, 0.15) is 5.75 Å². The summed E-state index contributed by atoms with van der Waals surface area (Å²) >= 11 is 0. The number of nitrogens with two attached hydrogens (primary N) is 1. The molecule has 3 heteroatoms. The number of carbonyl (C=O) groups is 1. The lowest BCUT2D eigenvalue weighted by molar-refractivity contribution is 0.0965. The maximum absolute atomic E-state index is 12.0. The maximum atomic E-state index is 12.0. The Balaban J connectivity index is 2.47. The zero-order chi connectivity index (χ0) is 12.4. The third-order valence-corrected chi connectivity index (χ3v) is 3.34. The van der Waals surface area contributed by atoms with Crippen molar-refractivity contribution in [1.29, 1.82) is 0 Å². The Morgan fingerprint density at radius 1 is 1.29 bits per heavy atom. The molecule has 2 N–H and O–H groups in total. The van der Waals surface area contributed by atoms with E-state index in [0.717, 1.165) is 12.8 Å². The molecule has 0 spiro atoms. The Kier molecular flexibility index (Phi) is 3.48. The molecule has 0 radical (unpaired) electrons. The molecular formula is C14H19NO2. The number of rotatable bonds is 3. The molecular weight excluding hydrogens is 214 g/mol. The van der Waals surface area contributed by atoms with Crippen molar-refractivity contribution in [2.24, 2.45) is 5.73 Å². The highest BCUT2D eigenvalue weighted by Gasteiger charge is 2.20. The smallest absolute Gasteiger partial charge is 0.182 e. The van der Waals surface area contributed by atoms with Crippen molar-refractivity contribution in [3.63, 3.8) is 0 Å². The van der Waals surface area contributed by atoms with Gasteiger partial charge in [-0.1, -0.05) is 0 Å². The Labute approximate surface area is 102 Å². The number of Topliss-reactive ketones (excluding diaryl/α,β-unsaturated/α-hetero) is 1. The van der Waals surface area contributed by atoms with E-state index < -0.39 is 6.04 Å². The number of carbonyl (C=O) groups excluding carboxylic acids is 1. The molecule has 2 rings (SSSR count). The molecule has 1 atom stereocenters. The van der Waals surface area contributed by atoms with Gasteiger partial charge in [0, 0.05) is 0 Å². The summed E-state index contributed by atoms with van der Waals surface area (Å²) in [5.41, 5.74) is 8.88. The summed E-state index contributed by atoms with van der Waals surface area (Å²) < 4.78 is 5.31. The van der Waals surface area contributed by atoms with Gasteiger partial charge < -0.3 is 10.5 Å². The van der Waals surface area contributed by atoms with Crippen molar-refractivity contribution >= 4 is 5.78 Å². The predicted octanol–water partition coefficient (Wildman–Crippen LogP) is 2.10. The minimum atomic E-state index is -0.481. The van der Waals surface area contributed by atoms with E-state index in [9.17, 15) is 4.79 Å². The monoisotopic (exact) mass is 233 g/mol. The first-order chi connectivity index (χ1) is 8.13. The summed E-state index contributed by atoms with van der Waals surface area (Å²) in [5.74, 6) is 0.614. The first kappa shape index (κ1) is 12.1. The van der Waals surface area contributed by atoms with Crippen molar-refractivity contribution in [2.45, 2.75) is 38.6 Å². The fourth-order valence-corrected chi connectivity index (χ4v) is 2.37. The van der Waals surface area contributed by atoms with Gasteiger partial charge in [0.15, 0.2) is 5.78 Å². The van der Waals surface area contributed by atoms with Gasteiger partial charge in [0.25, 0.3) is 0 Å². The molecule has 0 fully saturated rings. The quantitative estimate of drug-likeness (QED) is 0.813. The van der Waals surface area contributed by atoms with E-state index in [-0.39, 0.29) is 5.78 Å². The molecule has 0 saturated carbocycles. The van der Waals surface area contributed by atoms with Crippen LogP contribution in [0.3, 0.4) is 0 Å². The van der Waals surface area contributed by atoms with Crippen LogP contribution in [0.4, 0.5) is 0 Å². The van der Waals surface area contributed by atoms with Gasteiger partial charge >= 0.3 is 0 Å². The van der Waals surface area contributed by atoms with Gasteiger partial charge in [-0.2, -0.15) is 0 Å². The fraction of sp³-hybridized carbons (Fsp3) is 0.500. The van der Waals surface area contributed by atoms with Crippen LogP contribution in [0.1, 0.15) is 41.3 Å². The molecule has 1 aromatic rings. The van der Waals surface area contributed by atoms with Gasteiger partial charge in [-0.05, 0) is 55.9 Å². The molecule has 0 aromatic heterocycles. The zero-order valence-electron chi connectivity index (χ0n) is 10.5.